The van der Waals surface area contributed by atoms with Crippen LogP contribution in [-0.4, -0.2) is 30.6 Å². The molecule has 3 amide bonds. The molecule has 0 spiro atoms. The van der Waals surface area contributed by atoms with Crippen LogP contribution in [0.25, 0.3) is 10.8 Å². The van der Waals surface area contributed by atoms with Crippen LogP contribution >= 0.6 is 0 Å². The molecule has 1 aliphatic carbocycles. The average Bonchev–Trinajstić information content (AvgIpc) is 3.00. The molecule has 0 heterocycles. The molecule has 0 bridgehead atoms. The second-order valence-electron chi connectivity index (χ2n) is 6.01. The molecule has 0 radical (unpaired) electrons. The topological polar surface area (TPSA) is 84.5 Å². The number of nitrogens with one attached hydrogen (secondary N) is 2. The Balaban J connectivity index is 1.77. The predicted molar refractivity (Wildman–Crippen MR) is 93.4 cm³/mol. The van der Waals surface area contributed by atoms with E-state index in [0.717, 1.165) is 23.6 Å². The van der Waals surface area contributed by atoms with Crippen LogP contribution in [0.3, 0.4) is 0 Å². The molecule has 0 aliphatic heterocycles. The minimum absolute atomic E-state index is 0.397. The number of benzene rings is 2. The number of carbonyl (C=O) groups excluding carboxylic acids is 3. The lowest BCUT2D eigenvalue weighted by molar-refractivity contribution is -0.127. The number of rotatable bonds is 4. The van der Waals surface area contributed by atoms with Crippen molar-refractivity contribution in [1.82, 2.24) is 10.6 Å². The van der Waals surface area contributed by atoms with E-state index in [1.54, 1.807) is 13.0 Å². The molecular weight excluding hydrogens is 320 g/mol. The van der Waals surface area contributed by atoms with Gasteiger partial charge in [0.15, 0.2) is 6.10 Å². The number of urea groups is 1. The van der Waals surface area contributed by atoms with Crippen molar-refractivity contribution in [3.05, 3.63) is 47.0 Å². The van der Waals surface area contributed by atoms with Gasteiger partial charge in [-0.05, 0) is 54.7 Å². The molecule has 1 atom stereocenters. The zero-order valence-corrected chi connectivity index (χ0v) is 14.2. The quantitative estimate of drug-likeness (QED) is 0.837. The minimum Gasteiger partial charge on any atom is -0.449 e. The number of carbonyl (C=O) groups is 3. The maximum Gasteiger partial charge on any atom is 0.339 e. The lowest BCUT2D eigenvalue weighted by Crippen LogP contribution is -2.44. The van der Waals surface area contributed by atoms with Gasteiger partial charge in [-0.3, -0.25) is 10.1 Å². The third-order valence-corrected chi connectivity index (χ3v) is 4.32. The number of ether oxygens (including phenoxy) is 1. The van der Waals surface area contributed by atoms with Crippen LogP contribution in [0.1, 0.15) is 35.3 Å². The summed E-state index contributed by atoms with van der Waals surface area (Å²) in [7, 11) is 0. The van der Waals surface area contributed by atoms with Gasteiger partial charge in [-0.15, -0.1) is 0 Å². The summed E-state index contributed by atoms with van der Waals surface area (Å²) in [5.74, 6) is -1.24. The van der Waals surface area contributed by atoms with Crippen molar-refractivity contribution >= 4 is 28.7 Å². The summed E-state index contributed by atoms with van der Waals surface area (Å²) >= 11 is 0. The molecule has 0 fully saturated rings. The molecule has 2 aromatic rings. The molecule has 25 heavy (non-hydrogen) atoms. The first-order chi connectivity index (χ1) is 12.0. The maximum absolute atomic E-state index is 12.5. The second-order valence-corrected chi connectivity index (χ2v) is 6.01. The molecule has 6 heteroatoms. The molecule has 2 aromatic carbocycles. The van der Waals surface area contributed by atoms with E-state index in [4.69, 9.17) is 4.74 Å². The predicted octanol–water partition coefficient (Wildman–Crippen LogP) is 2.33. The van der Waals surface area contributed by atoms with Crippen molar-refractivity contribution in [2.24, 2.45) is 0 Å². The van der Waals surface area contributed by atoms with E-state index >= 15 is 0 Å². The van der Waals surface area contributed by atoms with Gasteiger partial charge in [0.25, 0.3) is 5.91 Å². The fraction of sp³-hybridized carbons (Fsp3) is 0.316. The first-order valence-corrected chi connectivity index (χ1v) is 8.34. The molecule has 0 aromatic heterocycles. The number of esters is 1. The molecule has 2 N–H and O–H groups in total. The third kappa shape index (κ3) is 3.33. The molecule has 1 aliphatic rings. The molecular formula is C19H20N2O4. The Morgan fingerprint density at radius 3 is 2.56 bits per heavy atom. The highest BCUT2D eigenvalue weighted by molar-refractivity contribution is 6.08. The minimum atomic E-state index is -1.07. The van der Waals surface area contributed by atoms with Crippen molar-refractivity contribution in [2.75, 3.05) is 6.54 Å². The number of amides is 3. The van der Waals surface area contributed by atoms with Crippen molar-refractivity contribution in [1.29, 1.82) is 0 Å². The van der Waals surface area contributed by atoms with E-state index < -0.39 is 24.0 Å². The number of imide groups is 1. The normalized spacial score (nSPS) is 13.4. The van der Waals surface area contributed by atoms with Gasteiger partial charge in [0, 0.05) is 6.54 Å². The fourth-order valence-electron chi connectivity index (χ4n) is 3.12. The van der Waals surface area contributed by atoms with E-state index in [-0.39, 0.29) is 0 Å². The van der Waals surface area contributed by atoms with Crippen LogP contribution in [0.4, 0.5) is 4.79 Å². The fourth-order valence-corrected chi connectivity index (χ4v) is 3.12. The van der Waals surface area contributed by atoms with E-state index in [9.17, 15) is 14.4 Å². The van der Waals surface area contributed by atoms with Crippen molar-refractivity contribution in [2.45, 2.75) is 32.8 Å². The standard InChI is InChI=1S/C19H20N2O4/c1-3-20-19(24)21-17(22)11(2)25-18(23)15-10-9-13-8-7-12-5-4-6-14(15)16(12)13/h4-6,9-11H,3,7-8H2,1-2H3,(H2,20,21,22,24). The smallest absolute Gasteiger partial charge is 0.339 e. The van der Waals surface area contributed by atoms with Crippen LogP contribution in [0.5, 0.6) is 0 Å². The van der Waals surface area contributed by atoms with Gasteiger partial charge in [-0.1, -0.05) is 24.3 Å². The summed E-state index contributed by atoms with van der Waals surface area (Å²) in [6.45, 7) is 3.57. The average molecular weight is 340 g/mol. The van der Waals surface area contributed by atoms with Gasteiger partial charge in [0.2, 0.25) is 0 Å². The molecule has 130 valence electrons. The Bertz CT molecular complexity index is 850. The molecule has 3 rings (SSSR count). The summed E-state index contributed by atoms with van der Waals surface area (Å²) in [6.07, 6.45) is 0.866. The number of hydrogen-bond acceptors (Lipinski definition) is 4. The molecule has 6 nitrogen and oxygen atoms in total. The first-order valence-electron chi connectivity index (χ1n) is 8.34. The summed E-state index contributed by atoms with van der Waals surface area (Å²) in [5.41, 5.74) is 2.88. The van der Waals surface area contributed by atoms with Gasteiger partial charge < -0.3 is 10.1 Å². The molecule has 0 saturated heterocycles. The van der Waals surface area contributed by atoms with Crippen LogP contribution in [0.15, 0.2) is 30.3 Å². The monoisotopic (exact) mass is 340 g/mol. The van der Waals surface area contributed by atoms with Gasteiger partial charge >= 0.3 is 12.0 Å². The number of hydrogen-bond donors (Lipinski definition) is 2. The third-order valence-electron chi connectivity index (χ3n) is 4.32. The maximum atomic E-state index is 12.5. The van der Waals surface area contributed by atoms with E-state index in [1.165, 1.54) is 18.1 Å². The Labute approximate surface area is 145 Å². The SMILES string of the molecule is CCNC(=O)NC(=O)C(C)OC(=O)c1ccc2c3c(cccc13)CC2. The summed E-state index contributed by atoms with van der Waals surface area (Å²) < 4.78 is 5.25. The van der Waals surface area contributed by atoms with Crippen LogP contribution in [0.2, 0.25) is 0 Å². The lowest BCUT2D eigenvalue weighted by Gasteiger charge is -2.14. The van der Waals surface area contributed by atoms with Gasteiger partial charge in [0.05, 0.1) is 5.56 Å². The van der Waals surface area contributed by atoms with Crippen molar-refractivity contribution in [3.8, 4) is 0 Å². The van der Waals surface area contributed by atoms with E-state index in [0.29, 0.717) is 12.1 Å². The van der Waals surface area contributed by atoms with E-state index in [2.05, 4.69) is 16.7 Å². The van der Waals surface area contributed by atoms with Gasteiger partial charge in [-0.2, -0.15) is 0 Å². The lowest BCUT2D eigenvalue weighted by atomic mass is 10.00. The Morgan fingerprint density at radius 2 is 1.84 bits per heavy atom. The molecule has 1 unspecified atom stereocenters. The van der Waals surface area contributed by atoms with Gasteiger partial charge in [0.1, 0.15) is 0 Å². The highest BCUT2D eigenvalue weighted by Gasteiger charge is 2.23. The summed E-state index contributed by atoms with van der Waals surface area (Å²) in [6, 6.07) is 8.95. The Hall–Kier alpha value is -2.89. The highest BCUT2D eigenvalue weighted by Crippen LogP contribution is 2.33. The van der Waals surface area contributed by atoms with Crippen LogP contribution < -0.4 is 10.6 Å². The second kappa shape index (κ2) is 6.93. The Morgan fingerprint density at radius 1 is 1.12 bits per heavy atom. The summed E-state index contributed by atoms with van der Waals surface area (Å²) in [5, 5.41) is 6.53. The zero-order chi connectivity index (χ0) is 18.0. The van der Waals surface area contributed by atoms with Gasteiger partial charge in [-0.25, -0.2) is 9.59 Å². The molecule has 0 saturated carbocycles. The first kappa shape index (κ1) is 17.0. The number of aryl methyl sites for hydroxylation is 2. The van der Waals surface area contributed by atoms with Crippen LogP contribution in [0, 0.1) is 0 Å². The van der Waals surface area contributed by atoms with E-state index in [1.807, 2.05) is 18.2 Å². The summed E-state index contributed by atoms with van der Waals surface area (Å²) in [4.78, 5) is 35.8. The highest BCUT2D eigenvalue weighted by atomic mass is 16.5. The zero-order valence-electron chi connectivity index (χ0n) is 14.2. The van der Waals surface area contributed by atoms with Crippen molar-refractivity contribution < 1.29 is 19.1 Å². The Kier molecular flexibility index (Phi) is 4.70. The van der Waals surface area contributed by atoms with Crippen LogP contribution in [-0.2, 0) is 22.4 Å². The van der Waals surface area contributed by atoms with Crippen molar-refractivity contribution in [3.63, 3.8) is 0 Å². The largest absolute Gasteiger partial charge is 0.449 e.